The fraction of sp³-hybridized carbons (Fsp3) is 0.862. The number of aromatic nitrogens is 2. The molecule has 0 spiro atoms. The summed E-state index contributed by atoms with van der Waals surface area (Å²) in [6.45, 7) is 20.5. The molecule has 38 heavy (non-hydrogen) atoms. The Hall–Kier alpha value is -1.84. The second-order valence-corrected chi connectivity index (χ2v) is 13.8. The fourth-order valence-electron chi connectivity index (χ4n) is 7.15. The molecule has 2 unspecified atom stereocenters. The van der Waals surface area contributed by atoms with Gasteiger partial charge in [0.1, 0.15) is 5.60 Å². The van der Waals surface area contributed by atoms with Crippen LogP contribution in [-0.2, 0) is 9.47 Å². The lowest BCUT2D eigenvalue weighted by atomic mass is 9.82. The van der Waals surface area contributed by atoms with Crippen LogP contribution in [0.15, 0.2) is 6.07 Å². The van der Waals surface area contributed by atoms with Crippen molar-refractivity contribution in [1.29, 1.82) is 0 Å². The highest BCUT2D eigenvalue weighted by Crippen LogP contribution is 2.37. The van der Waals surface area contributed by atoms with Crippen LogP contribution in [0.4, 0.5) is 10.6 Å². The second kappa shape index (κ2) is 10.6. The van der Waals surface area contributed by atoms with Crippen LogP contribution >= 0.6 is 0 Å². The van der Waals surface area contributed by atoms with E-state index in [1.807, 2.05) is 25.7 Å². The molecule has 9 nitrogen and oxygen atoms in total. The first-order valence-electron chi connectivity index (χ1n) is 14.8. The van der Waals surface area contributed by atoms with Gasteiger partial charge in [-0.05, 0) is 80.2 Å². The SMILES string of the molecule is Cc1cc(N2CC[C@@H](CN3CC4OCCN(C)C4C3)CC2(C)C)nn1C1CCN(C(=O)OC(C)(C)C)CC1. The number of nitrogens with zero attached hydrogens (tertiary/aromatic N) is 6. The number of anilines is 1. The molecule has 1 aromatic heterocycles. The highest BCUT2D eigenvalue weighted by Gasteiger charge is 2.42. The number of aryl methyl sites for hydroxylation is 1. The van der Waals surface area contributed by atoms with Crippen LogP contribution in [0.3, 0.4) is 0 Å². The van der Waals surface area contributed by atoms with Crippen LogP contribution < -0.4 is 4.90 Å². The van der Waals surface area contributed by atoms with Crippen molar-refractivity contribution >= 4 is 11.9 Å². The monoisotopic (exact) mass is 530 g/mol. The minimum atomic E-state index is -0.459. The molecule has 0 aromatic carbocycles. The molecule has 1 aromatic rings. The van der Waals surface area contributed by atoms with Crippen molar-refractivity contribution in [2.75, 3.05) is 64.4 Å². The molecule has 4 fully saturated rings. The average Bonchev–Trinajstić information content (AvgIpc) is 3.41. The first kappa shape index (κ1) is 27.7. The Labute approximate surface area is 229 Å². The molecule has 4 aliphatic rings. The zero-order chi connectivity index (χ0) is 27.2. The summed E-state index contributed by atoms with van der Waals surface area (Å²) in [6, 6.07) is 3.14. The zero-order valence-corrected chi connectivity index (χ0v) is 24.8. The minimum absolute atomic E-state index is 0.0639. The molecule has 3 atom stereocenters. The average molecular weight is 531 g/mol. The van der Waals surface area contributed by atoms with Gasteiger partial charge in [0.2, 0.25) is 0 Å². The zero-order valence-electron chi connectivity index (χ0n) is 24.8. The predicted octanol–water partition coefficient (Wildman–Crippen LogP) is 3.77. The number of rotatable bonds is 4. The smallest absolute Gasteiger partial charge is 0.410 e. The maximum absolute atomic E-state index is 12.5. The third kappa shape index (κ3) is 5.99. The van der Waals surface area contributed by atoms with E-state index < -0.39 is 5.60 Å². The van der Waals surface area contributed by atoms with Crippen molar-refractivity contribution in [3.05, 3.63) is 11.8 Å². The Morgan fingerprint density at radius 2 is 1.87 bits per heavy atom. The number of ether oxygens (including phenoxy) is 2. The van der Waals surface area contributed by atoms with Gasteiger partial charge < -0.3 is 19.3 Å². The number of amides is 1. The maximum Gasteiger partial charge on any atom is 0.410 e. The summed E-state index contributed by atoms with van der Waals surface area (Å²) >= 11 is 0. The molecular weight excluding hydrogens is 480 g/mol. The first-order chi connectivity index (χ1) is 17.9. The van der Waals surface area contributed by atoms with E-state index in [1.54, 1.807) is 0 Å². The number of fused-ring (bicyclic) bond motifs is 1. The number of morpholine rings is 1. The summed E-state index contributed by atoms with van der Waals surface area (Å²) in [4.78, 5) is 22.0. The van der Waals surface area contributed by atoms with E-state index in [0.29, 0.717) is 37.2 Å². The van der Waals surface area contributed by atoms with Crippen molar-refractivity contribution in [1.82, 2.24) is 24.5 Å². The molecule has 0 aliphatic carbocycles. The van der Waals surface area contributed by atoms with E-state index >= 15 is 0 Å². The Morgan fingerprint density at radius 1 is 1.13 bits per heavy atom. The van der Waals surface area contributed by atoms with Crippen LogP contribution in [-0.4, -0.2) is 113 Å². The summed E-state index contributed by atoms with van der Waals surface area (Å²) in [5, 5.41) is 5.14. The highest BCUT2D eigenvalue weighted by atomic mass is 16.6. The molecule has 0 saturated carbocycles. The van der Waals surface area contributed by atoms with Gasteiger partial charge in [-0.15, -0.1) is 0 Å². The minimum Gasteiger partial charge on any atom is -0.444 e. The normalized spacial score (nSPS) is 29.5. The molecule has 5 rings (SSSR count). The third-order valence-electron chi connectivity index (χ3n) is 9.10. The molecule has 5 heterocycles. The third-order valence-corrected chi connectivity index (χ3v) is 9.10. The maximum atomic E-state index is 12.5. The van der Waals surface area contributed by atoms with Gasteiger partial charge in [-0.3, -0.25) is 14.5 Å². The molecule has 214 valence electrons. The molecule has 9 heteroatoms. The lowest BCUT2D eigenvalue weighted by Gasteiger charge is -2.46. The van der Waals surface area contributed by atoms with Gasteiger partial charge in [0.25, 0.3) is 0 Å². The van der Waals surface area contributed by atoms with Crippen molar-refractivity contribution in [2.45, 2.75) is 96.6 Å². The van der Waals surface area contributed by atoms with Gasteiger partial charge in [0.05, 0.1) is 18.8 Å². The number of carbonyl (C=O) groups is 1. The van der Waals surface area contributed by atoms with E-state index in [2.05, 4.69) is 53.3 Å². The number of piperidine rings is 2. The Bertz CT molecular complexity index is 979. The number of likely N-dealkylation sites (N-methyl/N-ethyl adjacent to an activating group) is 1. The highest BCUT2D eigenvalue weighted by molar-refractivity contribution is 5.68. The topological polar surface area (TPSA) is 66.3 Å². The largest absolute Gasteiger partial charge is 0.444 e. The molecular formula is C29H50N6O3. The van der Waals surface area contributed by atoms with E-state index in [9.17, 15) is 4.79 Å². The van der Waals surface area contributed by atoms with Gasteiger partial charge in [0, 0.05) is 69.2 Å². The van der Waals surface area contributed by atoms with Gasteiger partial charge in [-0.1, -0.05) is 0 Å². The Balaban J connectivity index is 1.16. The predicted molar refractivity (Wildman–Crippen MR) is 150 cm³/mol. The number of hydrogen-bond acceptors (Lipinski definition) is 7. The van der Waals surface area contributed by atoms with E-state index in [4.69, 9.17) is 14.6 Å². The van der Waals surface area contributed by atoms with Gasteiger partial charge in [-0.25, -0.2) is 4.79 Å². The van der Waals surface area contributed by atoms with Crippen molar-refractivity contribution < 1.29 is 14.3 Å². The van der Waals surface area contributed by atoms with Crippen LogP contribution in [0.25, 0.3) is 0 Å². The lowest BCUT2D eigenvalue weighted by Crippen LogP contribution is -2.52. The Morgan fingerprint density at radius 3 is 2.53 bits per heavy atom. The molecule has 1 amide bonds. The lowest BCUT2D eigenvalue weighted by molar-refractivity contribution is -0.0370. The van der Waals surface area contributed by atoms with Gasteiger partial charge >= 0.3 is 6.09 Å². The molecule has 4 saturated heterocycles. The van der Waals surface area contributed by atoms with Crippen molar-refractivity contribution in [2.24, 2.45) is 5.92 Å². The van der Waals surface area contributed by atoms with Gasteiger partial charge in [-0.2, -0.15) is 5.10 Å². The first-order valence-corrected chi connectivity index (χ1v) is 14.8. The fourth-order valence-corrected chi connectivity index (χ4v) is 7.15. The summed E-state index contributed by atoms with van der Waals surface area (Å²) < 4.78 is 13.9. The summed E-state index contributed by atoms with van der Waals surface area (Å²) in [7, 11) is 2.25. The molecule has 0 bridgehead atoms. The summed E-state index contributed by atoms with van der Waals surface area (Å²) in [5.74, 6) is 1.80. The Kier molecular flexibility index (Phi) is 7.74. The van der Waals surface area contributed by atoms with E-state index in [0.717, 1.165) is 51.4 Å². The van der Waals surface area contributed by atoms with Crippen LogP contribution in [0.1, 0.15) is 72.0 Å². The number of likely N-dealkylation sites (tertiary alicyclic amines) is 2. The van der Waals surface area contributed by atoms with Crippen LogP contribution in [0.5, 0.6) is 0 Å². The molecule has 4 aliphatic heterocycles. The standard InChI is InChI=1S/C29H50N6O3/c1-21-16-26(30-35(21)23-9-11-33(12-10-23)27(36)38-28(2,3)4)34-13-8-22(17-29(34,5)6)18-32-19-24-25(20-32)37-15-14-31(24)7/h16,22-25H,8-15,17-20H2,1-7H3/t22-,24?,25?/m1/s1. The van der Waals surface area contributed by atoms with Crippen LogP contribution in [0.2, 0.25) is 0 Å². The molecule has 0 N–H and O–H groups in total. The quantitative estimate of drug-likeness (QED) is 0.587. The number of carbonyl (C=O) groups excluding carboxylic acids is 1. The van der Waals surface area contributed by atoms with Gasteiger partial charge in [0.15, 0.2) is 5.82 Å². The molecule has 0 radical (unpaired) electrons. The van der Waals surface area contributed by atoms with E-state index in [-0.39, 0.29) is 11.6 Å². The van der Waals surface area contributed by atoms with Crippen molar-refractivity contribution in [3.63, 3.8) is 0 Å². The van der Waals surface area contributed by atoms with E-state index in [1.165, 1.54) is 25.1 Å². The summed E-state index contributed by atoms with van der Waals surface area (Å²) in [6.07, 6.45) is 4.37. The van der Waals surface area contributed by atoms with Crippen LogP contribution in [0, 0.1) is 12.8 Å². The second-order valence-electron chi connectivity index (χ2n) is 13.8. The number of hydrogen-bond donors (Lipinski definition) is 0. The van der Waals surface area contributed by atoms with Crippen molar-refractivity contribution in [3.8, 4) is 0 Å². The summed E-state index contributed by atoms with van der Waals surface area (Å²) in [5.41, 5.74) is 0.811.